The number of pyridine rings is 1. The molecule has 0 aliphatic carbocycles. The number of carboxylic acids is 1. The Balaban J connectivity index is 1.93. The van der Waals surface area contributed by atoms with Gasteiger partial charge >= 0.3 is 5.97 Å². The molecule has 0 unspecified atom stereocenters. The van der Waals surface area contributed by atoms with Gasteiger partial charge in [-0.3, -0.25) is 0 Å². The zero-order valence-electron chi connectivity index (χ0n) is 15.8. The summed E-state index contributed by atoms with van der Waals surface area (Å²) in [7, 11) is 0. The largest absolute Gasteiger partial charge is 0.478 e. The van der Waals surface area contributed by atoms with Crippen molar-refractivity contribution in [1.29, 1.82) is 0 Å². The van der Waals surface area contributed by atoms with E-state index in [1.54, 1.807) is 6.92 Å². The summed E-state index contributed by atoms with van der Waals surface area (Å²) in [4.78, 5) is 18.1. The molecule has 8 heteroatoms. The summed E-state index contributed by atoms with van der Waals surface area (Å²) in [6.07, 6.45) is 0.707. The predicted octanol–water partition coefficient (Wildman–Crippen LogP) is 2.94. The first kappa shape index (κ1) is 18.4. The smallest absolute Gasteiger partial charge is 0.338 e. The molecule has 146 valence electrons. The van der Waals surface area contributed by atoms with Crippen molar-refractivity contribution in [3.05, 3.63) is 47.0 Å². The van der Waals surface area contributed by atoms with Gasteiger partial charge < -0.3 is 14.7 Å². The first-order valence-electron chi connectivity index (χ1n) is 9.24. The van der Waals surface area contributed by atoms with Crippen LogP contribution >= 0.6 is 0 Å². The van der Waals surface area contributed by atoms with Crippen molar-refractivity contribution >= 4 is 17.4 Å². The zero-order chi connectivity index (χ0) is 19.8. The van der Waals surface area contributed by atoms with Gasteiger partial charge in [-0.1, -0.05) is 6.92 Å². The van der Waals surface area contributed by atoms with E-state index in [4.69, 9.17) is 4.74 Å². The molecule has 3 heterocycles. The Labute approximate surface area is 161 Å². The van der Waals surface area contributed by atoms with Gasteiger partial charge in [-0.15, -0.1) is 5.10 Å². The number of aryl methyl sites for hydroxylation is 2. The van der Waals surface area contributed by atoms with Crippen LogP contribution in [0.4, 0.5) is 10.2 Å². The van der Waals surface area contributed by atoms with Crippen LogP contribution in [0.3, 0.4) is 0 Å². The molecule has 7 nitrogen and oxygen atoms in total. The molecule has 4 rings (SSSR count). The summed E-state index contributed by atoms with van der Waals surface area (Å²) in [5.41, 5.74) is 2.44. The maximum absolute atomic E-state index is 14.0. The molecule has 0 radical (unpaired) electrons. The maximum atomic E-state index is 14.0. The molecule has 1 saturated heterocycles. The molecule has 1 aliphatic rings. The summed E-state index contributed by atoms with van der Waals surface area (Å²) < 4.78 is 21.3. The maximum Gasteiger partial charge on any atom is 0.338 e. The number of ether oxygens (including phenoxy) is 1. The molecule has 0 bridgehead atoms. The normalized spacial score (nSPS) is 14.6. The Kier molecular flexibility index (Phi) is 4.72. The molecule has 1 N–H and O–H groups in total. The molecule has 1 aromatic carbocycles. The molecule has 1 fully saturated rings. The number of anilines is 1. The first-order valence-corrected chi connectivity index (χ1v) is 9.24. The van der Waals surface area contributed by atoms with Crippen molar-refractivity contribution in [3.8, 4) is 11.1 Å². The van der Waals surface area contributed by atoms with E-state index < -0.39 is 11.8 Å². The summed E-state index contributed by atoms with van der Waals surface area (Å²) in [6, 6.07) is 6.47. The van der Waals surface area contributed by atoms with Crippen LogP contribution in [-0.2, 0) is 11.2 Å². The Morgan fingerprint density at radius 3 is 2.68 bits per heavy atom. The van der Waals surface area contributed by atoms with Crippen LogP contribution in [0, 0.1) is 12.7 Å². The van der Waals surface area contributed by atoms with E-state index in [2.05, 4.69) is 15.0 Å². The molecule has 0 atom stereocenters. The quantitative estimate of drug-likeness (QED) is 0.745. The predicted molar refractivity (Wildman–Crippen MR) is 102 cm³/mol. The first-order chi connectivity index (χ1) is 13.5. The SMILES string of the molecule is CCc1nc2cc(-c3cc(C(=O)O)c(F)cc3C)cc(N3CCOCC3)n2n1. The van der Waals surface area contributed by atoms with Gasteiger partial charge in [-0.2, -0.15) is 4.52 Å². The Morgan fingerprint density at radius 2 is 2.00 bits per heavy atom. The fraction of sp³-hybridized carbons (Fsp3) is 0.350. The lowest BCUT2D eigenvalue weighted by Crippen LogP contribution is -2.37. The van der Waals surface area contributed by atoms with Gasteiger partial charge in [-0.25, -0.2) is 14.2 Å². The highest BCUT2D eigenvalue weighted by atomic mass is 19.1. The number of halogens is 1. The summed E-state index contributed by atoms with van der Waals surface area (Å²) in [5, 5.41) is 13.9. The van der Waals surface area contributed by atoms with Crippen molar-refractivity contribution < 1.29 is 19.0 Å². The lowest BCUT2D eigenvalue weighted by atomic mass is 9.98. The van der Waals surface area contributed by atoms with Gasteiger partial charge in [0.15, 0.2) is 11.5 Å². The molecule has 0 saturated carbocycles. The average Bonchev–Trinajstić information content (AvgIpc) is 3.11. The minimum atomic E-state index is -1.29. The topological polar surface area (TPSA) is 80.0 Å². The number of hydrogen-bond donors (Lipinski definition) is 1. The van der Waals surface area contributed by atoms with Gasteiger partial charge in [0.25, 0.3) is 0 Å². The van der Waals surface area contributed by atoms with E-state index in [0.717, 1.165) is 30.3 Å². The van der Waals surface area contributed by atoms with Gasteiger partial charge in [0.2, 0.25) is 0 Å². The summed E-state index contributed by atoms with van der Waals surface area (Å²) in [6.45, 7) is 6.46. The van der Waals surface area contributed by atoms with E-state index in [-0.39, 0.29) is 5.56 Å². The van der Waals surface area contributed by atoms with Crippen molar-refractivity contribution in [3.63, 3.8) is 0 Å². The van der Waals surface area contributed by atoms with E-state index in [1.807, 2.05) is 23.6 Å². The third-order valence-electron chi connectivity index (χ3n) is 4.97. The lowest BCUT2D eigenvalue weighted by molar-refractivity contribution is 0.0692. The number of rotatable bonds is 4. The minimum Gasteiger partial charge on any atom is -0.478 e. The second-order valence-corrected chi connectivity index (χ2v) is 6.81. The highest BCUT2D eigenvalue weighted by molar-refractivity contribution is 5.90. The zero-order valence-corrected chi connectivity index (χ0v) is 15.8. The number of hydrogen-bond acceptors (Lipinski definition) is 5. The van der Waals surface area contributed by atoms with E-state index in [0.29, 0.717) is 36.4 Å². The van der Waals surface area contributed by atoms with Crippen LogP contribution in [-0.4, -0.2) is 52.0 Å². The van der Waals surface area contributed by atoms with Crippen LogP contribution < -0.4 is 4.90 Å². The second kappa shape index (κ2) is 7.20. The van der Waals surface area contributed by atoms with E-state index in [1.165, 1.54) is 12.1 Å². The van der Waals surface area contributed by atoms with Crippen molar-refractivity contribution in [1.82, 2.24) is 14.6 Å². The van der Waals surface area contributed by atoms with Crippen LogP contribution in [0.5, 0.6) is 0 Å². The Morgan fingerprint density at radius 1 is 1.25 bits per heavy atom. The van der Waals surface area contributed by atoms with Gasteiger partial charge in [0.1, 0.15) is 11.6 Å². The molecule has 3 aromatic rings. The number of aromatic nitrogens is 3. The van der Waals surface area contributed by atoms with Gasteiger partial charge in [0, 0.05) is 19.5 Å². The molecular weight excluding hydrogens is 363 g/mol. The molecule has 0 spiro atoms. The number of aromatic carboxylic acids is 1. The van der Waals surface area contributed by atoms with Crippen molar-refractivity contribution in [2.75, 3.05) is 31.2 Å². The fourth-order valence-corrected chi connectivity index (χ4v) is 3.48. The van der Waals surface area contributed by atoms with Gasteiger partial charge in [0.05, 0.1) is 18.8 Å². The molecular formula is C20H21FN4O3. The number of nitrogens with zero attached hydrogens (tertiary/aromatic N) is 4. The fourth-order valence-electron chi connectivity index (χ4n) is 3.48. The van der Waals surface area contributed by atoms with E-state index in [9.17, 15) is 14.3 Å². The number of morpholine rings is 1. The number of carboxylic acid groups (broad SMARTS) is 1. The lowest BCUT2D eigenvalue weighted by Gasteiger charge is -2.29. The van der Waals surface area contributed by atoms with Crippen LogP contribution in [0.2, 0.25) is 0 Å². The average molecular weight is 384 g/mol. The highest BCUT2D eigenvalue weighted by Crippen LogP contribution is 2.31. The summed E-state index contributed by atoms with van der Waals surface area (Å²) in [5.74, 6) is -0.430. The van der Waals surface area contributed by atoms with Crippen molar-refractivity contribution in [2.45, 2.75) is 20.3 Å². The van der Waals surface area contributed by atoms with Crippen molar-refractivity contribution in [2.24, 2.45) is 0 Å². The number of benzene rings is 1. The second-order valence-electron chi connectivity index (χ2n) is 6.81. The third-order valence-corrected chi connectivity index (χ3v) is 4.97. The number of carbonyl (C=O) groups is 1. The van der Waals surface area contributed by atoms with E-state index >= 15 is 0 Å². The molecule has 1 aliphatic heterocycles. The molecule has 0 amide bonds. The van der Waals surface area contributed by atoms with Crippen LogP contribution in [0.1, 0.15) is 28.7 Å². The number of fused-ring (bicyclic) bond motifs is 1. The van der Waals surface area contributed by atoms with Crippen LogP contribution in [0.15, 0.2) is 24.3 Å². The third kappa shape index (κ3) is 3.20. The Hall–Kier alpha value is -3.00. The highest BCUT2D eigenvalue weighted by Gasteiger charge is 2.20. The monoisotopic (exact) mass is 384 g/mol. The minimum absolute atomic E-state index is 0.343. The molecule has 2 aromatic heterocycles. The van der Waals surface area contributed by atoms with Gasteiger partial charge in [-0.05, 0) is 47.9 Å². The van der Waals surface area contributed by atoms with Crippen LogP contribution in [0.25, 0.3) is 16.8 Å². The Bertz CT molecular complexity index is 1060. The summed E-state index contributed by atoms with van der Waals surface area (Å²) >= 11 is 0. The molecule has 28 heavy (non-hydrogen) atoms. The standard InChI is InChI=1S/C20H21FN4O3/c1-3-17-22-18-9-13(14-11-15(20(26)27)16(21)8-12(14)2)10-19(25(18)23-17)24-4-6-28-7-5-24/h8-11H,3-7H2,1-2H3,(H,26,27).